The van der Waals surface area contributed by atoms with E-state index in [1.807, 2.05) is 0 Å². The molecule has 1 rings (SSSR count). The van der Waals surface area contributed by atoms with Gasteiger partial charge in [-0.05, 0) is 32.1 Å². The molecule has 0 atom stereocenters. The van der Waals surface area contributed by atoms with E-state index in [2.05, 4.69) is 0 Å². The molecule has 1 aliphatic carbocycles. The molecule has 2 heteroatoms. The van der Waals surface area contributed by atoms with Crippen molar-refractivity contribution in [3.05, 3.63) is 0 Å². The number of aliphatic hydroxyl groups is 1. The van der Waals surface area contributed by atoms with E-state index >= 15 is 0 Å². The van der Waals surface area contributed by atoms with Gasteiger partial charge in [-0.25, -0.2) is 0 Å². The zero-order chi connectivity index (χ0) is 7.56. The zero-order valence-electron chi connectivity index (χ0n) is 6.34. The number of rotatable bonds is 3. The van der Waals surface area contributed by atoms with Crippen LogP contribution in [0.1, 0.15) is 32.6 Å². The van der Waals surface area contributed by atoms with Crippen LogP contribution < -0.4 is 0 Å². The second-order valence-electron chi connectivity index (χ2n) is 3.23. The van der Waals surface area contributed by atoms with Gasteiger partial charge >= 0.3 is 0 Å². The molecule has 58 valence electrons. The average molecular weight is 142 g/mol. The highest BCUT2D eigenvalue weighted by Gasteiger charge is 2.26. The summed E-state index contributed by atoms with van der Waals surface area (Å²) in [7, 11) is 0. The van der Waals surface area contributed by atoms with Crippen LogP contribution in [0.25, 0.3) is 0 Å². The van der Waals surface area contributed by atoms with Gasteiger partial charge in [0.1, 0.15) is 5.78 Å². The van der Waals surface area contributed by atoms with E-state index in [9.17, 15) is 4.79 Å². The Bertz CT molecular complexity index is 125. The summed E-state index contributed by atoms with van der Waals surface area (Å²) >= 11 is 0. The fourth-order valence-electron chi connectivity index (χ4n) is 1.34. The summed E-state index contributed by atoms with van der Waals surface area (Å²) in [6, 6.07) is 0. The fourth-order valence-corrected chi connectivity index (χ4v) is 1.34. The summed E-state index contributed by atoms with van der Waals surface area (Å²) in [5.41, 5.74) is 0. The lowest BCUT2D eigenvalue weighted by Crippen LogP contribution is -2.28. The highest BCUT2D eigenvalue weighted by atomic mass is 16.3. The molecular weight excluding hydrogens is 128 g/mol. The van der Waals surface area contributed by atoms with Crippen LogP contribution in [0.4, 0.5) is 0 Å². The summed E-state index contributed by atoms with van der Waals surface area (Å²) < 4.78 is 0. The standard InChI is InChI=1S/C8H14O2/c1-6(9)2-3-7-4-8(10)5-7/h7-8,10H,2-5H2,1H3. The van der Waals surface area contributed by atoms with Crippen molar-refractivity contribution < 1.29 is 9.90 Å². The Morgan fingerprint density at radius 3 is 2.60 bits per heavy atom. The fraction of sp³-hybridized carbons (Fsp3) is 0.875. The van der Waals surface area contributed by atoms with Crippen LogP contribution in [0, 0.1) is 5.92 Å². The second kappa shape index (κ2) is 3.15. The largest absolute Gasteiger partial charge is 0.393 e. The van der Waals surface area contributed by atoms with Crippen molar-refractivity contribution in [1.82, 2.24) is 0 Å². The lowest BCUT2D eigenvalue weighted by atomic mass is 9.79. The van der Waals surface area contributed by atoms with Gasteiger partial charge < -0.3 is 9.90 Å². The predicted octanol–water partition coefficient (Wildman–Crippen LogP) is 1.13. The molecule has 0 heterocycles. The van der Waals surface area contributed by atoms with Gasteiger partial charge in [0.25, 0.3) is 0 Å². The van der Waals surface area contributed by atoms with Gasteiger partial charge in [0.05, 0.1) is 6.10 Å². The monoisotopic (exact) mass is 142 g/mol. The van der Waals surface area contributed by atoms with Crippen molar-refractivity contribution in [3.8, 4) is 0 Å². The molecule has 0 saturated heterocycles. The molecule has 0 unspecified atom stereocenters. The topological polar surface area (TPSA) is 37.3 Å². The number of ketones is 1. The molecule has 0 aliphatic heterocycles. The van der Waals surface area contributed by atoms with Gasteiger partial charge in [0.15, 0.2) is 0 Å². The second-order valence-corrected chi connectivity index (χ2v) is 3.23. The van der Waals surface area contributed by atoms with E-state index in [4.69, 9.17) is 5.11 Å². The first-order valence-corrected chi connectivity index (χ1v) is 3.86. The van der Waals surface area contributed by atoms with Crippen LogP contribution in [0.5, 0.6) is 0 Å². The van der Waals surface area contributed by atoms with Gasteiger partial charge in [-0.15, -0.1) is 0 Å². The summed E-state index contributed by atoms with van der Waals surface area (Å²) in [6.07, 6.45) is 3.42. The van der Waals surface area contributed by atoms with E-state index in [0.717, 1.165) is 19.3 Å². The number of carbonyl (C=O) groups is 1. The summed E-state index contributed by atoms with van der Waals surface area (Å²) in [4.78, 5) is 10.5. The Hall–Kier alpha value is -0.370. The van der Waals surface area contributed by atoms with Crippen molar-refractivity contribution in [2.24, 2.45) is 5.92 Å². The number of aliphatic hydroxyl groups excluding tert-OH is 1. The molecule has 0 radical (unpaired) electrons. The Morgan fingerprint density at radius 2 is 2.20 bits per heavy atom. The van der Waals surface area contributed by atoms with Crippen LogP contribution in [0.3, 0.4) is 0 Å². The maximum absolute atomic E-state index is 10.5. The van der Waals surface area contributed by atoms with E-state index in [1.165, 1.54) is 0 Å². The van der Waals surface area contributed by atoms with Crippen LogP contribution in [-0.4, -0.2) is 17.0 Å². The van der Waals surface area contributed by atoms with Gasteiger partial charge in [-0.2, -0.15) is 0 Å². The molecule has 2 nitrogen and oxygen atoms in total. The van der Waals surface area contributed by atoms with Crippen molar-refractivity contribution >= 4 is 5.78 Å². The lowest BCUT2D eigenvalue weighted by molar-refractivity contribution is -0.117. The molecule has 0 aromatic carbocycles. The Morgan fingerprint density at radius 1 is 1.60 bits per heavy atom. The minimum absolute atomic E-state index is 0.0723. The predicted molar refractivity (Wildman–Crippen MR) is 38.6 cm³/mol. The summed E-state index contributed by atoms with van der Waals surface area (Å²) in [6.45, 7) is 1.62. The van der Waals surface area contributed by atoms with Gasteiger partial charge in [-0.3, -0.25) is 0 Å². The van der Waals surface area contributed by atoms with Crippen molar-refractivity contribution in [1.29, 1.82) is 0 Å². The minimum atomic E-state index is -0.0723. The normalized spacial score (nSPS) is 31.4. The first-order valence-electron chi connectivity index (χ1n) is 3.86. The first-order chi connectivity index (χ1) is 4.68. The summed E-state index contributed by atoms with van der Waals surface area (Å²) in [5.74, 6) is 0.889. The maximum Gasteiger partial charge on any atom is 0.129 e. The van der Waals surface area contributed by atoms with Crippen LogP contribution >= 0.6 is 0 Å². The van der Waals surface area contributed by atoms with Crippen molar-refractivity contribution in [2.75, 3.05) is 0 Å². The van der Waals surface area contributed by atoms with Crippen LogP contribution in [-0.2, 0) is 4.79 Å². The molecule has 0 amide bonds. The smallest absolute Gasteiger partial charge is 0.129 e. The molecule has 1 fully saturated rings. The molecule has 0 aromatic rings. The molecule has 0 aromatic heterocycles. The van der Waals surface area contributed by atoms with Crippen molar-refractivity contribution in [2.45, 2.75) is 38.7 Å². The Balaban J connectivity index is 2.00. The Labute approximate surface area is 61.2 Å². The molecule has 0 spiro atoms. The third-order valence-corrected chi connectivity index (χ3v) is 2.12. The molecule has 0 bridgehead atoms. The SMILES string of the molecule is CC(=O)CCC1CC(O)C1. The molecule has 1 saturated carbocycles. The third-order valence-electron chi connectivity index (χ3n) is 2.12. The lowest BCUT2D eigenvalue weighted by Gasteiger charge is -2.30. The van der Waals surface area contributed by atoms with E-state index < -0.39 is 0 Å². The third kappa shape index (κ3) is 2.10. The number of carbonyl (C=O) groups excluding carboxylic acids is 1. The highest BCUT2D eigenvalue weighted by Crippen LogP contribution is 2.30. The van der Waals surface area contributed by atoms with Crippen LogP contribution in [0.2, 0.25) is 0 Å². The molecule has 1 aliphatic rings. The maximum atomic E-state index is 10.5. The minimum Gasteiger partial charge on any atom is -0.393 e. The Kier molecular flexibility index (Phi) is 2.44. The number of Topliss-reactive ketones (excluding diaryl/α,β-unsaturated/α-hetero) is 1. The zero-order valence-corrected chi connectivity index (χ0v) is 6.34. The highest BCUT2D eigenvalue weighted by molar-refractivity contribution is 5.75. The van der Waals surface area contributed by atoms with E-state index in [-0.39, 0.29) is 11.9 Å². The van der Waals surface area contributed by atoms with E-state index in [0.29, 0.717) is 12.3 Å². The molecular formula is C8H14O2. The summed E-state index contributed by atoms with van der Waals surface area (Å²) in [5, 5.41) is 8.90. The van der Waals surface area contributed by atoms with Gasteiger partial charge in [0, 0.05) is 6.42 Å². The van der Waals surface area contributed by atoms with Crippen LogP contribution in [0.15, 0.2) is 0 Å². The average Bonchev–Trinajstić information content (AvgIpc) is 1.77. The quantitative estimate of drug-likeness (QED) is 0.641. The van der Waals surface area contributed by atoms with Gasteiger partial charge in [0.2, 0.25) is 0 Å². The molecule has 1 N–H and O–H groups in total. The first kappa shape index (κ1) is 7.73. The number of hydrogen-bond donors (Lipinski definition) is 1. The van der Waals surface area contributed by atoms with Crippen molar-refractivity contribution in [3.63, 3.8) is 0 Å². The van der Waals surface area contributed by atoms with Gasteiger partial charge in [-0.1, -0.05) is 0 Å². The van der Waals surface area contributed by atoms with E-state index in [1.54, 1.807) is 6.92 Å². The number of hydrogen-bond acceptors (Lipinski definition) is 2. The molecule has 10 heavy (non-hydrogen) atoms.